The molecule has 1 atom stereocenters. The number of amides is 1. The summed E-state index contributed by atoms with van der Waals surface area (Å²) in [5.41, 5.74) is 6.72. The average Bonchev–Trinajstić information content (AvgIpc) is 3.50. The number of nitrogens with one attached hydrogen (secondary N) is 2. The van der Waals surface area contributed by atoms with Gasteiger partial charge in [0.05, 0.1) is 18.9 Å². The van der Waals surface area contributed by atoms with Gasteiger partial charge in [0.1, 0.15) is 0 Å². The van der Waals surface area contributed by atoms with Gasteiger partial charge in [0.15, 0.2) is 5.69 Å². The van der Waals surface area contributed by atoms with Crippen molar-refractivity contribution >= 4 is 5.91 Å². The van der Waals surface area contributed by atoms with E-state index in [1.54, 1.807) is 7.11 Å². The van der Waals surface area contributed by atoms with Gasteiger partial charge in [0, 0.05) is 41.5 Å². The van der Waals surface area contributed by atoms with Crippen molar-refractivity contribution in [3.63, 3.8) is 0 Å². The predicted octanol–water partition coefficient (Wildman–Crippen LogP) is 5.82. The molecule has 5 rings (SSSR count). The van der Waals surface area contributed by atoms with Crippen molar-refractivity contribution in [3.8, 4) is 11.3 Å². The van der Waals surface area contributed by atoms with Crippen molar-refractivity contribution in [2.24, 2.45) is 0 Å². The third kappa shape index (κ3) is 3.89. The Balaban J connectivity index is 1.53. The van der Waals surface area contributed by atoms with E-state index in [1.807, 2.05) is 35.4 Å². The second kappa shape index (κ2) is 8.52. The summed E-state index contributed by atoms with van der Waals surface area (Å²) in [5, 5.41) is 7.65. The van der Waals surface area contributed by atoms with Crippen molar-refractivity contribution < 1.29 is 9.53 Å². The maximum Gasteiger partial charge on any atom is 0.275 e. The Hall–Kier alpha value is -3.80. The van der Waals surface area contributed by atoms with E-state index < -0.39 is 0 Å². The summed E-state index contributed by atoms with van der Waals surface area (Å²) in [4.78, 5) is 18.8. The quantitative estimate of drug-likeness (QED) is 0.510. The molecule has 2 aliphatic rings. The molecule has 1 aromatic carbocycles. The maximum absolute atomic E-state index is 13.6. The average molecular weight is 455 g/mol. The minimum absolute atomic E-state index is 0.0442. The lowest BCUT2D eigenvalue weighted by atomic mass is 9.85. The highest BCUT2D eigenvalue weighted by atomic mass is 16.5. The number of aromatic amines is 2. The zero-order valence-corrected chi connectivity index (χ0v) is 20.1. The summed E-state index contributed by atoms with van der Waals surface area (Å²) < 4.78 is 5.60. The zero-order chi connectivity index (χ0) is 23.9. The number of methoxy groups -OCH3 is 1. The minimum atomic E-state index is -0.208. The topological polar surface area (TPSA) is 74.0 Å². The number of H-pyrrole nitrogens is 2. The van der Waals surface area contributed by atoms with Gasteiger partial charge in [-0.15, -0.1) is 0 Å². The van der Waals surface area contributed by atoms with Crippen LogP contribution in [0.25, 0.3) is 11.3 Å². The highest BCUT2D eigenvalue weighted by Gasteiger charge is 2.44. The van der Waals surface area contributed by atoms with Crippen LogP contribution < -0.4 is 0 Å². The fraction of sp³-hybridized carbons (Fsp3) is 0.286. The Bertz CT molecular complexity index is 1290. The number of ether oxygens (including phenoxy) is 1. The summed E-state index contributed by atoms with van der Waals surface area (Å²) in [5.74, 6) is 0.828. The van der Waals surface area contributed by atoms with Gasteiger partial charge in [-0.2, -0.15) is 5.10 Å². The van der Waals surface area contributed by atoms with Gasteiger partial charge in [-0.3, -0.25) is 9.89 Å². The largest absolute Gasteiger partial charge is 0.501 e. The fourth-order valence-corrected chi connectivity index (χ4v) is 4.79. The first-order valence-electron chi connectivity index (χ1n) is 11.6. The number of benzene rings is 1. The van der Waals surface area contributed by atoms with Crippen LogP contribution in [0, 0.1) is 0 Å². The number of aromatic nitrogens is 3. The van der Waals surface area contributed by atoms with Crippen LogP contribution in [0.2, 0.25) is 0 Å². The molecule has 1 unspecified atom stereocenters. The van der Waals surface area contributed by atoms with Crippen molar-refractivity contribution in [2.75, 3.05) is 7.11 Å². The number of hydrogen-bond acceptors (Lipinski definition) is 3. The first-order valence-corrected chi connectivity index (χ1v) is 11.6. The molecule has 2 N–H and O–H groups in total. The minimum Gasteiger partial charge on any atom is -0.501 e. The number of fused-ring (bicyclic) bond motifs is 1. The highest BCUT2D eigenvalue weighted by Crippen LogP contribution is 2.45. The van der Waals surface area contributed by atoms with Crippen LogP contribution in [0.3, 0.4) is 0 Å². The number of allylic oxidation sites excluding steroid dienone is 5. The van der Waals surface area contributed by atoms with Gasteiger partial charge in [-0.05, 0) is 34.9 Å². The first kappa shape index (κ1) is 22.0. The molecule has 6 nitrogen and oxygen atoms in total. The molecule has 1 aliphatic heterocycles. The number of nitrogens with zero attached hydrogens (tertiary/aromatic N) is 2. The Morgan fingerprint density at radius 3 is 2.56 bits per heavy atom. The van der Waals surface area contributed by atoms with Crippen LogP contribution in [0.4, 0.5) is 0 Å². The standard InChI is InChI=1S/C28H30N4O2/c1-28(2,3)26-23-24(30-31-26)27(33)32(25(23)20-8-5-6-9-21(16-20)34-4)17-18-11-13-19(14-12-18)22-10-7-15-29-22/h5-15,25,29H,16-17H2,1-4H3,(H,30,31). The lowest BCUT2D eigenvalue weighted by Gasteiger charge is -2.30. The molecule has 0 bridgehead atoms. The van der Waals surface area contributed by atoms with Crippen LogP contribution >= 0.6 is 0 Å². The van der Waals surface area contributed by atoms with Crippen LogP contribution in [0.1, 0.15) is 60.5 Å². The molecule has 34 heavy (non-hydrogen) atoms. The molecule has 0 saturated carbocycles. The third-order valence-electron chi connectivity index (χ3n) is 6.51. The third-order valence-corrected chi connectivity index (χ3v) is 6.51. The van der Waals surface area contributed by atoms with E-state index in [-0.39, 0.29) is 17.4 Å². The second-order valence-corrected chi connectivity index (χ2v) is 9.87. The molecule has 3 aromatic rings. The molecule has 0 saturated heterocycles. The molecule has 2 aromatic heterocycles. The molecule has 1 amide bonds. The van der Waals surface area contributed by atoms with Gasteiger partial charge < -0.3 is 14.6 Å². The van der Waals surface area contributed by atoms with Crippen LogP contribution in [0.15, 0.2) is 78.2 Å². The predicted molar refractivity (Wildman–Crippen MR) is 133 cm³/mol. The monoisotopic (exact) mass is 454 g/mol. The lowest BCUT2D eigenvalue weighted by molar-refractivity contribution is 0.0723. The molecule has 174 valence electrons. The molecular formula is C28H30N4O2. The molecule has 6 heteroatoms. The van der Waals surface area contributed by atoms with E-state index >= 15 is 0 Å². The summed E-state index contributed by atoms with van der Waals surface area (Å²) in [6.07, 6.45) is 10.6. The summed E-state index contributed by atoms with van der Waals surface area (Å²) >= 11 is 0. The van der Waals surface area contributed by atoms with E-state index in [0.29, 0.717) is 18.7 Å². The van der Waals surface area contributed by atoms with Crippen molar-refractivity contribution in [3.05, 3.63) is 101 Å². The summed E-state index contributed by atoms with van der Waals surface area (Å²) in [7, 11) is 1.69. The number of hydrogen-bond donors (Lipinski definition) is 2. The van der Waals surface area contributed by atoms with Crippen molar-refractivity contribution in [1.82, 2.24) is 20.1 Å². The van der Waals surface area contributed by atoms with Crippen molar-refractivity contribution in [1.29, 1.82) is 0 Å². The number of rotatable bonds is 5. The second-order valence-electron chi connectivity index (χ2n) is 9.87. The van der Waals surface area contributed by atoms with E-state index in [2.05, 4.69) is 72.4 Å². The SMILES string of the molecule is COC1=CC=CC=C(C2c3c(n[nH]c3C(C)(C)C)C(=O)N2Cc2ccc(-c3ccc[nH]3)cc2)C1. The first-order chi connectivity index (χ1) is 16.4. The lowest BCUT2D eigenvalue weighted by Crippen LogP contribution is -2.30. The molecule has 0 spiro atoms. The van der Waals surface area contributed by atoms with Gasteiger partial charge in [0.25, 0.3) is 5.91 Å². The number of carbonyl (C=O) groups is 1. The molecule has 1 aliphatic carbocycles. The summed E-state index contributed by atoms with van der Waals surface area (Å²) in [6, 6.07) is 12.2. The Morgan fingerprint density at radius 1 is 1.12 bits per heavy atom. The fourth-order valence-electron chi connectivity index (χ4n) is 4.79. The van der Waals surface area contributed by atoms with Gasteiger partial charge in [-0.25, -0.2) is 0 Å². The van der Waals surface area contributed by atoms with E-state index in [1.165, 1.54) is 0 Å². The number of carbonyl (C=O) groups excluding carboxylic acids is 1. The zero-order valence-electron chi connectivity index (χ0n) is 20.1. The molecule has 3 heterocycles. The van der Waals surface area contributed by atoms with Crippen molar-refractivity contribution in [2.45, 2.75) is 45.2 Å². The van der Waals surface area contributed by atoms with Gasteiger partial charge >= 0.3 is 0 Å². The van der Waals surface area contributed by atoms with E-state index in [4.69, 9.17) is 4.74 Å². The Morgan fingerprint density at radius 2 is 1.88 bits per heavy atom. The summed E-state index contributed by atoms with van der Waals surface area (Å²) in [6.45, 7) is 6.94. The maximum atomic E-state index is 13.6. The highest BCUT2D eigenvalue weighted by molar-refractivity contribution is 5.98. The van der Waals surface area contributed by atoms with E-state index in [9.17, 15) is 4.79 Å². The smallest absolute Gasteiger partial charge is 0.275 e. The molecular weight excluding hydrogens is 424 g/mol. The Labute approximate surface area is 200 Å². The van der Waals surface area contributed by atoms with Gasteiger partial charge in [0.2, 0.25) is 0 Å². The van der Waals surface area contributed by atoms with Crippen LogP contribution in [0.5, 0.6) is 0 Å². The van der Waals surface area contributed by atoms with Crippen LogP contribution in [-0.2, 0) is 16.7 Å². The molecule has 0 fully saturated rings. The Kier molecular flexibility index (Phi) is 5.52. The van der Waals surface area contributed by atoms with Crippen LogP contribution in [-0.4, -0.2) is 33.1 Å². The normalized spacial score (nSPS) is 17.9. The van der Waals surface area contributed by atoms with Gasteiger partial charge in [-0.1, -0.05) is 63.3 Å². The molecule has 0 radical (unpaired) electrons. The van der Waals surface area contributed by atoms with E-state index in [0.717, 1.165) is 39.4 Å².